The fourth-order valence-electron chi connectivity index (χ4n) is 0.837. The highest BCUT2D eigenvalue weighted by Gasteiger charge is 2.26. The molecule has 5 nitrogen and oxygen atoms in total. The number of methoxy groups -OCH3 is 1. The van der Waals surface area contributed by atoms with E-state index in [4.69, 9.17) is 4.74 Å². The Morgan fingerprint density at radius 3 is 3.00 bits per heavy atom. The molecule has 0 saturated carbocycles. The van der Waals surface area contributed by atoms with Crippen LogP contribution in [0.2, 0.25) is 0 Å². The van der Waals surface area contributed by atoms with Crippen LogP contribution in [0.4, 0.5) is 0 Å². The zero-order valence-corrected chi connectivity index (χ0v) is 7.87. The van der Waals surface area contributed by atoms with E-state index in [1.54, 1.807) is 6.20 Å². The Kier molecular flexibility index (Phi) is 2.83. The van der Waals surface area contributed by atoms with E-state index >= 15 is 0 Å². The number of allylic oxidation sites excluding steroid dienone is 2. The molecule has 0 spiro atoms. The fourth-order valence-corrected chi connectivity index (χ4v) is 1.20. The van der Waals surface area contributed by atoms with Gasteiger partial charge in [-0.15, -0.1) is 0 Å². The highest BCUT2D eigenvalue weighted by atomic mass is 79.9. The average Bonchev–Trinajstić information content (AvgIpc) is 2.04. The molecule has 1 aliphatic rings. The normalized spacial score (nSPS) is 22.3. The maximum Gasteiger partial charge on any atom is 0.296 e. The highest BCUT2D eigenvalue weighted by Crippen LogP contribution is 2.17. The molecule has 0 radical (unpaired) electrons. The van der Waals surface area contributed by atoms with E-state index in [-0.39, 0.29) is 5.70 Å². The van der Waals surface area contributed by atoms with Crippen molar-refractivity contribution in [2.45, 2.75) is 6.23 Å². The molecule has 0 saturated heterocycles. The van der Waals surface area contributed by atoms with E-state index in [9.17, 15) is 10.1 Å². The smallest absolute Gasteiger partial charge is 0.296 e. The molecule has 0 aromatic carbocycles. The quantitative estimate of drug-likeness (QED) is 0.571. The molecule has 6 heteroatoms. The van der Waals surface area contributed by atoms with Crippen molar-refractivity contribution in [2.24, 2.45) is 0 Å². The second-order valence-corrected chi connectivity index (χ2v) is 3.05. The summed E-state index contributed by atoms with van der Waals surface area (Å²) in [5, 5.41) is 13.1. The minimum absolute atomic E-state index is 0.00752. The van der Waals surface area contributed by atoms with Gasteiger partial charge in [0.25, 0.3) is 5.70 Å². The van der Waals surface area contributed by atoms with Gasteiger partial charge in [0.15, 0.2) is 0 Å². The summed E-state index contributed by atoms with van der Waals surface area (Å²) in [6, 6.07) is 0. The van der Waals surface area contributed by atoms with Crippen molar-refractivity contribution in [1.82, 2.24) is 5.32 Å². The van der Waals surface area contributed by atoms with Gasteiger partial charge in [0.05, 0.1) is 4.92 Å². The van der Waals surface area contributed by atoms with Crippen LogP contribution in [-0.2, 0) is 4.74 Å². The van der Waals surface area contributed by atoms with E-state index in [1.807, 2.05) is 0 Å². The minimum Gasteiger partial charge on any atom is -0.356 e. The van der Waals surface area contributed by atoms with E-state index in [0.717, 1.165) is 0 Å². The molecule has 0 aromatic rings. The van der Waals surface area contributed by atoms with Gasteiger partial charge in [0.2, 0.25) is 6.23 Å². The Morgan fingerprint density at radius 2 is 2.50 bits per heavy atom. The largest absolute Gasteiger partial charge is 0.356 e. The molecule has 1 heterocycles. The topological polar surface area (TPSA) is 64.4 Å². The van der Waals surface area contributed by atoms with Gasteiger partial charge in [-0.3, -0.25) is 10.1 Å². The number of dihydropyridines is 1. The van der Waals surface area contributed by atoms with Gasteiger partial charge in [0.1, 0.15) is 0 Å². The monoisotopic (exact) mass is 234 g/mol. The molecule has 1 unspecified atom stereocenters. The van der Waals surface area contributed by atoms with E-state index < -0.39 is 11.2 Å². The number of nitrogens with one attached hydrogen (secondary N) is 1. The van der Waals surface area contributed by atoms with Gasteiger partial charge in [-0.2, -0.15) is 0 Å². The third-order valence-corrected chi connectivity index (χ3v) is 1.83. The standard InChI is InChI=1S/C6H7BrN2O3/c1-12-6-5(9(10)11)2-4(7)3-8-6/h2-3,6,8H,1H3. The van der Waals surface area contributed by atoms with Gasteiger partial charge in [0, 0.05) is 23.9 Å². The Labute approximate surface area is 77.4 Å². The SMILES string of the molecule is COC1NC=C(Br)C=C1[N+](=O)[O-]. The van der Waals surface area contributed by atoms with E-state index in [1.165, 1.54) is 13.2 Å². The first-order valence-electron chi connectivity index (χ1n) is 3.15. The van der Waals surface area contributed by atoms with Crippen LogP contribution in [0, 0.1) is 10.1 Å². The molecule has 66 valence electrons. The molecule has 0 fully saturated rings. The summed E-state index contributed by atoms with van der Waals surface area (Å²) >= 11 is 3.12. The van der Waals surface area contributed by atoms with Crippen LogP contribution in [0.25, 0.3) is 0 Å². The fraction of sp³-hybridized carbons (Fsp3) is 0.333. The summed E-state index contributed by atoms with van der Waals surface area (Å²) in [5.74, 6) is 0. The zero-order chi connectivity index (χ0) is 9.14. The lowest BCUT2D eigenvalue weighted by Gasteiger charge is -2.16. The summed E-state index contributed by atoms with van der Waals surface area (Å²) < 4.78 is 5.45. The Balaban J connectivity index is 2.88. The van der Waals surface area contributed by atoms with Gasteiger partial charge < -0.3 is 10.1 Å². The maximum atomic E-state index is 10.4. The molecule has 0 bridgehead atoms. The van der Waals surface area contributed by atoms with Crippen LogP contribution >= 0.6 is 15.9 Å². The summed E-state index contributed by atoms with van der Waals surface area (Å²) in [5.41, 5.74) is -0.00752. The van der Waals surface area contributed by atoms with Crippen molar-refractivity contribution >= 4 is 15.9 Å². The lowest BCUT2D eigenvalue weighted by atomic mass is 10.3. The third kappa shape index (κ3) is 1.83. The van der Waals surface area contributed by atoms with Crippen LogP contribution in [0.1, 0.15) is 0 Å². The predicted octanol–water partition coefficient (Wildman–Crippen LogP) is 0.959. The molecule has 1 rings (SSSR count). The number of hydrogen-bond acceptors (Lipinski definition) is 4. The second-order valence-electron chi connectivity index (χ2n) is 2.14. The van der Waals surface area contributed by atoms with Crippen molar-refractivity contribution in [2.75, 3.05) is 7.11 Å². The number of nitro groups is 1. The molecule has 0 aromatic heterocycles. The first-order chi connectivity index (χ1) is 5.65. The average molecular weight is 235 g/mol. The lowest BCUT2D eigenvalue weighted by molar-refractivity contribution is -0.437. The Morgan fingerprint density at radius 1 is 1.83 bits per heavy atom. The zero-order valence-electron chi connectivity index (χ0n) is 6.28. The van der Waals surface area contributed by atoms with Crippen LogP contribution in [-0.4, -0.2) is 18.3 Å². The third-order valence-electron chi connectivity index (χ3n) is 1.37. The number of rotatable bonds is 2. The number of halogens is 1. The summed E-state index contributed by atoms with van der Waals surface area (Å²) in [6.45, 7) is 0. The molecule has 0 aliphatic carbocycles. The molecule has 1 atom stereocenters. The minimum atomic E-state index is -0.665. The summed E-state index contributed by atoms with van der Waals surface area (Å²) in [7, 11) is 1.40. The first kappa shape index (κ1) is 9.21. The Bertz CT molecular complexity index is 262. The molecular weight excluding hydrogens is 228 g/mol. The van der Waals surface area contributed by atoms with Crippen LogP contribution in [0.15, 0.2) is 22.5 Å². The number of nitrogens with zero attached hydrogens (tertiary/aromatic N) is 1. The highest BCUT2D eigenvalue weighted by molar-refractivity contribution is 9.11. The summed E-state index contributed by atoms with van der Waals surface area (Å²) in [6.07, 6.45) is 2.34. The molecule has 12 heavy (non-hydrogen) atoms. The molecule has 0 amide bonds. The number of hydrogen-bond donors (Lipinski definition) is 1. The first-order valence-corrected chi connectivity index (χ1v) is 3.95. The van der Waals surface area contributed by atoms with E-state index in [0.29, 0.717) is 4.48 Å². The van der Waals surface area contributed by atoms with Crippen LogP contribution < -0.4 is 5.32 Å². The summed E-state index contributed by atoms with van der Waals surface area (Å²) in [4.78, 5) is 9.96. The lowest BCUT2D eigenvalue weighted by Crippen LogP contribution is -2.34. The van der Waals surface area contributed by atoms with E-state index in [2.05, 4.69) is 21.2 Å². The van der Waals surface area contributed by atoms with Crippen molar-refractivity contribution in [3.05, 3.63) is 32.6 Å². The van der Waals surface area contributed by atoms with Gasteiger partial charge in [-0.05, 0) is 15.9 Å². The van der Waals surface area contributed by atoms with Gasteiger partial charge >= 0.3 is 0 Å². The van der Waals surface area contributed by atoms with Crippen molar-refractivity contribution in [3.8, 4) is 0 Å². The van der Waals surface area contributed by atoms with Crippen molar-refractivity contribution in [1.29, 1.82) is 0 Å². The van der Waals surface area contributed by atoms with Gasteiger partial charge in [-0.25, -0.2) is 0 Å². The number of ether oxygens (including phenoxy) is 1. The molecule has 1 aliphatic heterocycles. The van der Waals surface area contributed by atoms with Crippen molar-refractivity contribution in [3.63, 3.8) is 0 Å². The molecular formula is C6H7BrN2O3. The van der Waals surface area contributed by atoms with Crippen molar-refractivity contribution < 1.29 is 9.66 Å². The van der Waals surface area contributed by atoms with Crippen LogP contribution in [0.5, 0.6) is 0 Å². The predicted molar refractivity (Wildman–Crippen MR) is 46.0 cm³/mol. The molecule has 1 N–H and O–H groups in total. The maximum absolute atomic E-state index is 10.4. The van der Waals surface area contributed by atoms with Gasteiger partial charge in [-0.1, -0.05) is 0 Å². The Hall–Kier alpha value is -0.880. The second kappa shape index (κ2) is 3.68. The van der Waals surface area contributed by atoms with Crippen LogP contribution in [0.3, 0.4) is 0 Å².